The molecule has 3 heterocycles. The van der Waals surface area contributed by atoms with E-state index in [9.17, 15) is 0 Å². The molecule has 0 radical (unpaired) electrons. The molecule has 0 aliphatic heterocycles. The molecule has 3 heteroatoms. The van der Waals surface area contributed by atoms with Crippen LogP contribution >= 0.6 is 0 Å². The third-order valence-corrected chi connectivity index (χ3v) is 6.60. The standard InChI is InChI=1S/C31H21N3/c1-3-9-22(10-4-1)23-15-17-32-31(20-23)34-28-14-8-7-13-26(28)27-21-29-24(19-30(27)34)16-18-33(29)25-11-5-2-6-12-25/h1-21H. The molecular formula is C31H21N3. The Balaban J connectivity index is 1.51. The average Bonchev–Trinajstić information content (AvgIpc) is 3.47. The number of pyridine rings is 1. The van der Waals surface area contributed by atoms with Gasteiger partial charge in [-0.2, -0.15) is 0 Å². The van der Waals surface area contributed by atoms with Crippen LogP contribution < -0.4 is 0 Å². The molecule has 0 amide bonds. The summed E-state index contributed by atoms with van der Waals surface area (Å²) in [7, 11) is 0. The first kappa shape index (κ1) is 18.9. The number of hydrogen-bond acceptors (Lipinski definition) is 1. The molecule has 0 saturated heterocycles. The van der Waals surface area contributed by atoms with Crippen molar-refractivity contribution in [3.05, 3.63) is 128 Å². The van der Waals surface area contributed by atoms with E-state index in [1.807, 2.05) is 12.3 Å². The molecule has 0 spiro atoms. The summed E-state index contributed by atoms with van der Waals surface area (Å²) in [6, 6.07) is 40.6. The maximum absolute atomic E-state index is 4.80. The number of fused-ring (bicyclic) bond motifs is 4. The predicted molar refractivity (Wildman–Crippen MR) is 141 cm³/mol. The van der Waals surface area contributed by atoms with Gasteiger partial charge in [-0.1, -0.05) is 66.7 Å². The smallest absolute Gasteiger partial charge is 0.138 e. The first-order valence-electron chi connectivity index (χ1n) is 11.5. The van der Waals surface area contributed by atoms with Gasteiger partial charge in [0.2, 0.25) is 0 Å². The zero-order valence-corrected chi connectivity index (χ0v) is 18.5. The average molecular weight is 436 g/mol. The lowest BCUT2D eigenvalue weighted by atomic mass is 10.1. The van der Waals surface area contributed by atoms with Crippen molar-refractivity contribution >= 4 is 32.7 Å². The van der Waals surface area contributed by atoms with E-state index >= 15 is 0 Å². The summed E-state index contributed by atoms with van der Waals surface area (Å²) in [4.78, 5) is 4.80. The van der Waals surface area contributed by atoms with Gasteiger partial charge in [-0.3, -0.25) is 4.57 Å². The molecule has 3 nitrogen and oxygen atoms in total. The molecule has 160 valence electrons. The number of benzene rings is 4. The minimum absolute atomic E-state index is 0.925. The first-order chi connectivity index (χ1) is 16.9. The highest BCUT2D eigenvalue weighted by Gasteiger charge is 2.16. The fraction of sp³-hybridized carbons (Fsp3) is 0. The highest BCUT2D eigenvalue weighted by Crippen LogP contribution is 2.36. The van der Waals surface area contributed by atoms with E-state index in [4.69, 9.17) is 4.98 Å². The second-order valence-corrected chi connectivity index (χ2v) is 8.57. The van der Waals surface area contributed by atoms with Crippen LogP contribution in [0.25, 0.3) is 55.3 Å². The van der Waals surface area contributed by atoms with Crippen molar-refractivity contribution in [3.63, 3.8) is 0 Å². The van der Waals surface area contributed by atoms with Gasteiger partial charge in [-0.15, -0.1) is 0 Å². The first-order valence-corrected chi connectivity index (χ1v) is 11.5. The SMILES string of the molecule is c1ccc(-c2ccnc(-n3c4ccccc4c4cc5c(ccn5-c5ccccc5)cc43)c2)cc1. The van der Waals surface area contributed by atoms with Crippen LogP contribution in [0.15, 0.2) is 128 Å². The molecule has 0 unspecified atom stereocenters. The van der Waals surface area contributed by atoms with E-state index in [1.165, 1.54) is 27.2 Å². The Kier molecular flexibility index (Phi) is 4.15. The van der Waals surface area contributed by atoms with E-state index in [0.717, 1.165) is 28.1 Å². The van der Waals surface area contributed by atoms with E-state index in [1.54, 1.807) is 0 Å². The van der Waals surface area contributed by atoms with Crippen molar-refractivity contribution in [2.75, 3.05) is 0 Å². The largest absolute Gasteiger partial charge is 0.317 e. The van der Waals surface area contributed by atoms with Crippen LogP contribution in [0.3, 0.4) is 0 Å². The maximum Gasteiger partial charge on any atom is 0.138 e. The molecule has 0 atom stereocenters. The summed E-state index contributed by atoms with van der Waals surface area (Å²) in [5, 5.41) is 3.66. The van der Waals surface area contributed by atoms with Crippen LogP contribution in [0.2, 0.25) is 0 Å². The minimum Gasteiger partial charge on any atom is -0.317 e. The Morgan fingerprint density at radius 2 is 1.29 bits per heavy atom. The normalized spacial score (nSPS) is 11.5. The van der Waals surface area contributed by atoms with Gasteiger partial charge in [0.05, 0.1) is 16.6 Å². The third kappa shape index (κ3) is 2.87. The molecule has 7 aromatic rings. The summed E-state index contributed by atoms with van der Waals surface area (Å²) in [6.45, 7) is 0. The van der Waals surface area contributed by atoms with Gasteiger partial charge in [-0.05, 0) is 59.7 Å². The fourth-order valence-corrected chi connectivity index (χ4v) is 5.01. The van der Waals surface area contributed by atoms with Gasteiger partial charge in [0, 0.05) is 34.2 Å². The van der Waals surface area contributed by atoms with E-state index in [0.29, 0.717) is 0 Å². The molecule has 0 fully saturated rings. The summed E-state index contributed by atoms with van der Waals surface area (Å²) >= 11 is 0. The van der Waals surface area contributed by atoms with Crippen molar-refractivity contribution in [1.29, 1.82) is 0 Å². The molecule has 0 N–H and O–H groups in total. The monoisotopic (exact) mass is 435 g/mol. The predicted octanol–water partition coefficient (Wildman–Crippen LogP) is 7.79. The molecule has 34 heavy (non-hydrogen) atoms. The molecule has 3 aromatic heterocycles. The van der Waals surface area contributed by atoms with Crippen molar-refractivity contribution in [2.24, 2.45) is 0 Å². The van der Waals surface area contributed by atoms with Crippen LogP contribution in [0.4, 0.5) is 0 Å². The Morgan fingerprint density at radius 3 is 2.15 bits per heavy atom. The highest BCUT2D eigenvalue weighted by atomic mass is 15.1. The van der Waals surface area contributed by atoms with Gasteiger partial charge in [0.15, 0.2) is 0 Å². The topological polar surface area (TPSA) is 22.8 Å². The van der Waals surface area contributed by atoms with Crippen molar-refractivity contribution in [2.45, 2.75) is 0 Å². The molecule has 0 aliphatic rings. The zero-order valence-electron chi connectivity index (χ0n) is 18.5. The highest BCUT2D eigenvalue weighted by molar-refractivity contribution is 6.13. The van der Waals surface area contributed by atoms with Crippen LogP contribution in [0.1, 0.15) is 0 Å². The fourth-order valence-electron chi connectivity index (χ4n) is 5.01. The number of nitrogens with zero attached hydrogens (tertiary/aromatic N) is 3. The van der Waals surface area contributed by atoms with Crippen molar-refractivity contribution in [1.82, 2.24) is 14.1 Å². The quantitative estimate of drug-likeness (QED) is 0.278. The Morgan fingerprint density at radius 1 is 0.529 bits per heavy atom. The molecule has 4 aromatic carbocycles. The Hall–Kier alpha value is -4.63. The summed E-state index contributed by atoms with van der Waals surface area (Å²) in [6.07, 6.45) is 4.06. The van der Waals surface area contributed by atoms with Gasteiger partial charge in [0.1, 0.15) is 5.82 Å². The lowest BCUT2D eigenvalue weighted by Gasteiger charge is -2.10. The van der Waals surface area contributed by atoms with Gasteiger partial charge in [-0.25, -0.2) is 4.98 Å². The molecule has 7 rings (SSSR count). The zero-order chi connectivity index (χ0) is 22.5. The summed E-state index contributed by atoms with van der Waals surface area (Å²) < 4.78 is 4.55. The molecular weight excluding hydrogens is 414 g/mol. The van der Waals surface area contributed by atoms with Gasteiger partial charge >= 0.3 is 0 Å². The third-order valence-electron chi connectivity index (χ3n) is 6.60. The number of para-hydroxylation sites is 2. The van der Waals surface area contributed by atoms with E-state index in [2.05, 4.69) is 125 Å². The minimum atomic E-state index is 0.925. The molecule has 0 saturated carbocycles. The van der Waals surface area contributed by atoms with E-state index < -0.39 is 0 Å². The van der Waals surface area contributed by atoms with Gasteiger partial charge < -0.3 is 4.57 Å². The second-order valence-electron chi connectivity index (χ2n) is 8.57. The van der Waals surface area contributed by atoms with Gasteiger partial charge in [0.25, 0.3) is 0 Å². The molecule has 0 aliphatic carbocycles. The van der Waals surface area contributed by atoms with Crippen LogP contribution in [0.5, 0.6) is 0 Å². The Bertz CT molecular complexity index is 1790. The summed E-state index contributed by atoms with van der Waals surface area (Å²) in [5.74, 6) is 0.925. The van der Waals surface area contributed by atoms with Crippen molar-refractivity contribution < 1.29 is 0 Å². The number of rotatable bonds is 3. The maximum atomic E-state index is 4.80. The van der Waals surface area contributed by atoms with Crippen LogP contribution in [0, 0.1) is 0 Å². The Labute approximate surface area is 197 Å². The number of aromatic nitrogens is 3. The van der Waals surface area contributed by atoms with Crippen LogP contribution in [-0.2, 0) is 0 Å². The second kappa shape index (κ2) is 7.46. The van der Waals surface area contributed by atoms with Crippen LogP contribution in [-0.4, -0.2) is 14.1 Å². The summed E-state index contributed by atoms with van der Waals surface area (Å²) in [5.41, 5.74) is 7.04. The van der Waals surface area contributed by atoms with Crippen molar-refractivity contribution in [3.8, 4) is 22.6 Å². The van der Waals surface area contributed by atoms with E-state index in [-0.39, 0.29) is 0 Å². The lowest BCUT2D eigenvalue weighted by molar-refractivity contribution is 1.08. The lowest BCUT2D eigenvalue weighted by Crippen LogP contribution is -1.97. The number of hydrogen-bond donors (Lipinski definition) is 0. The molecule has 0 bridgehead atoms.